The Labute approximate surface area is 74.0 Å². The van der Waals surface area contributed by atoms with Gasteiger partial charge in [0, 0.05) is 11.1 Å². The molecule has 0 spiro atoms. The Morgan fingerprint density at radius 3 is 3.23 bits per heavy atom. The molecule has 1 heterocycles. The van der Waals surface area contributed by atoms with E-state index in [9.17, 15) is 4.39 Å². The Kier molecular flexibility index (Phi) is 3.31. The van der Waals surface area contributed by atoms with Gasteiger partial charge in [0.25, 0.3) is 0 Å². The molecule has 1 rings (SSSR count). The van der Waals surface area contributed by atoms with Gasteiger partial charge in [-0.25, -0.2) is 4.39 Å². The average molecular weight is 176 g/mol. The van der Waals surface area contributed by atoms with E-state index in [0.29, 0.717) is 0 Å². The minimum atomic E-state index is -0.476. The van der Waals surface area contributed by atoms with E-state index in [1.54, 1.807) is 0 Å². The van der Waals surface area contributed by atoms with Crippen LogP contribution in [-0.4, -0.2) is 11.5 Å². The molecule has 0 bridgehead atoms. The molecule has 0 saturated carbocycles. The van der Waals surface area contributed by atoms with Crippen molar-refractivity contribution in [3.05, 3.63) is 40.3 Å². The molecule has 4 nitrogen and oxygen atoms in total. The lowest BCUT2D eigenvalue weighted by Crippen LogP contribution is -1.84. The molecule has 0 saturated heterocycles. The van der Waals surface area contributed by atoms with Crippen LogP contribution in [0.25, 0.3) is 10.4 Å². The minimum absolute atomic E-state index is 0.0399. The number of rotatable bonds is 1. The maximum atomic E-state index is 12.8. The monoisotopic (exact) mass is 176 g/mol. The highest BCUT2D eigenvalue weighted by atomic mass is 19.1. The lowest BCUT2D eigenvalue weighted by molar-refractivity contribution is 0.618. The molecule has 5 heteroatoms. The topological polar surface area (TPSA) is 61.7 Å². The second kappa shape index (κ2) is 4.75. The van der Waals surface area contributed by atoms with Gasteiger partial charge in [0.05, 0.1) is 18.3 Å². The standard InChI is InChI=1S/C8H5FN4/c9-8-6-11-5-3-7(8)2-1-4-12-13-10/h3,5-6H,4H2. The second-order valence-corrected chi connectivity index (χ2v) is 2.05. The van der Waals surface area contributed by atoms with Gasteiger partial charge >= 0.3 is 0 Å². The third kappa shape index (κ3) is 2.81. The molecule has 0 radical (unpaired) electrons. The molecule has 0 aromatic carbocycles. The van der Waals surface area contributed by atoms with E-state index in [0.717, 1.165) is 6.20 Å². The summed E-state index contributed by atoms with van der Waals surface area (Å²) in [6.45, 7) is 0.0399. The summed E-state index contributed by atoms with van der Waals surface area (Å²) in [6.07, 6.45) is 2.53. The summed E-state index contributed by atoms with van der Waals surface area (Å²) in [7, 11) is 0. The lowest BCUT2D eigenvalue weighted by atomic mass is 10.2. The van der Waals surface area contributed by atoms with E-state index in [-0.39, 0.29) is 12.1 Å². The molecule has 1 aromatic heterocycles. The van der Waals surface area contributed by atoms with Crippen LogP contribution < -0.4 is 0 Å². The molecular weight excluding hydrogens is 171 g/mol. The number of nitrogens with zero attached hydrogens (tertiary/aromatic N) is 4. The van der Waals surface area contributed by atoms with Gasteiger partial charge in [-0.05, 0) is 11.6 Å². The van der Waals surface area contributed by atoms with Gasteiger partial charge in [0.1, 0.15) is 0 Å². The predicted molar refractivity (Wildman–Crippen MR) is 45.1 cm³/mol. The van der Waals surface area contributed by atoms with Gasteiger partial charge in [0.2, 0.25) is 0 Å². The van der Waals surface area contributed by atoms with E-state index >= 15 is 0 Å². The van der Waals surface area contributed by atoms with Gasteiger partial charge in [-0.1, -0.05) is 17.0 Å². The van der Waals surface area contributed by atoms with Crippen molar-refractivity contribution in [3.8, 4) is 11.8 Å². The summed E-state index contributed by atoms with van der Waals surface area (Å²) < 4.78 is 12.8. The lowest BCUT2D eigenvalue weighted by Gasteiger charge is -1.89. The summed E-state index contributed by atoms with van der Waals surface area (Å²) in [4.78, 5) is 6.07. The predicted octanol–water partition coefficient (Wildman–Crippen LogP) is 1.88. The molecule has 0 aliphatic heterocycles. The maximum Gasteiger partial charge on any atom is 0.157 e. The number of halogens is 1. The van der Waals surface area contributed by atoms with Crippen molar-refractivity contribution in [1.29, 1.82) is 0 Å². The van der Waals surface area contributed by atoms with Crippen LogP contribution in [0.15, 0.2) is 23.6 Å². The number of aromatic nitrogens is 1. The smallest absolute Gasteiger partial charge is 0.157 e. The zero-order valence-electron chi connectivity index (χ0n) is 6.61. The van der Waals surface area contributed by atoms with Gasteiger partial charge in [-0.15, -0.1) is 0 Å². The van der Waals surface area contributed by atoms with Crippen LogP contribution in [0.4, 0.5) is 4.39 Å². The first kappa shape index (κ1) is 9.04. The fourth-order valence-electron chi connectivity index (χ4n) is 0.678. The first-order valence-corrected chi connectivity index (χ1v) is 3.44. The van der Waals surface area contributed by atoms with Gasteiger partial charge in [0.15, 0.2) is 5.82 Å². The van der Waals surface area contributed by atoms with Crippen molar-refractivity contribution in [1.82, 2.24) is 4.98 Å². The quantitative estimate of drug-likeness (QED) is 0.279. The van der Waals surface area contributed by atoms with Crippen molar-refractivity contribution in [2.45, 2.75) is 0 Å². The molecule has 0 N–H and O–H groups in total. The van der Waals surface area contributed by atoms with Crippen molar-refractivity contribution >= 4 is 0 Å². The first-order valence-electron chi connectivity index (χ1n) is 3.44. The molecule has 13 heavy (non-hydrogen) atoms. The fourth-order valence-corrected chi connectivity index (χ4v) is 0.678. The number of hydrogen-bond donors (Lipinski definition) is 0. The van der Waals surface area contributed by atoms with Crippen LogP contribution in [0.5, 0.6) is 0 Å². The Morgan fingerprint density at radius 1 is 1.69 bits per heavy atom. The second-order valence-electron chi connectivity index (χ2n) is 2.05. The van der Waals surface area contributed by atoms with Crippen LogP contribution in [0.1, 0.15) is 5.56 Å². The Morgan fingerprint density at radius 2 is 2.54 bits per heavy atom. The van der Waals surface area contributed by atoms with Crippen LogP contribution in [0.3, 0.4) is 0 Å². The Balaban J connectivity index is 2.77. The van der Waals surface area contributed by atoms with E-state index in [1.165, 1.54) is 12.3 Å². The Hall–Kier alpha value is -2.05. The zero-order valence-corrected chi connectivity index (χ0v) is 6.61. The third-order valence-electron chi connectivity index (χ3n) is 1.21. The van der Waals surface area contributed by atoms with E-state index in [1.807, 2.05) is 0 Å². The maximum absolute atomic E-state index is 12.8. The number of azide groups is 1. The molecule has 0 atom stereocenters. The summed E-state index contributed by atoms with van der Waals surface area (Å²) >= 11 is 0. The highest BCUT2D eigenvalue weighted by Gasteiger charge is 1.94. The summed E-state index contributed by atoms with van der Waals surface area (Å²) in [5.41, 5.74) is 8.18. The van der Waals surface area contributed by atoms with E-state index in [2.05, 4.69) is 26.9 Å². The molecule has 0 fully saturated rings. The van der Waals surface area contributed by atoms with E-state index < -0.39 is 5.82 Å². The summed E-state index contributed by atoms with van der Waals surface area (Å²) in [5.74, 6) is 4.55. The zero-order chi connectivity index (χ0) is 9.52. The van der Waals surface area contributed by atoms with Crippen LogP contribution in [0, 0.1) is 17.7 Å². The number of hydrogen-bond acceptors (Lipinski definition) is 2. The summed E-state index contributed by atoms with van der Waals surface area (Å²) in [6, 6.07) is 1.46. The third-order valence-corrected chi connectivity index (χ3v) is 1.21. The molecular formula is C8H5FN4. The Bertz CT molecular complexity index is 398. The number of pyridine rings is 1. The van der Waals surface area contributed by atoms with Gasteiger partial charge in [-0.2, -0.15) is 0 Å². The minimum Gasteiger partial charge on any atom is -0.262 e. The molecule has 0 aliphatic rings. The van der Waals surface area contributed by atoms with Crippen LogP contribution >= 0.6 is 0 Å². The largest absolute Gasteiger partial charge is 0.262 e. The highest BCUT2D eigenvalue weighted by Crippen LogP contribution is 2.01. The van der Waals surface area contributed by atoms with Crippen LogP contribution in [-0.2, 0) is 0 Å². The van der Waals surface area contributed by atoms with Crippen molar-refractivity contribution in [2.24, 2.45) is 5.11 Å². The molecule has 64 valence electrons. The van der Waals surface area contributed by atoms with Gasteiger partial charge in [-0.3, -0.25) is 4.98 Å². The normalized spacial score (nSPS) is 8.08. The average Bonchev–Trinajstić information content (AvgIpc) is 2.15. The van der Waals surface area contributed by atoms with Crippen molar-refractivity contribution < 1.29 is 4.39 Å². The first-order chi connectivity index (χ1) is 6.34. The van der Waals surface area contributed by atoms with E-state index in [4.69, 9.17) is 5.53 Å². The molecule has 0 unspecified atom stereocenters. The molecule has 0 amide bonds. The molecule has 1 aromatic rings. The fraction of sp³-hybridized carbons (Fsp3) is 0.125. The SMILES string of the molecule is [N-]=[N+]=NCC#Cc1ccncc1F. The summed E-state index contributed by atoms with van der Waals surface area (Å²) in [5, 5.41) is 3.19. The van der Waals surface area contributed by atoms with Gasteiger partial charge < -0.3 is 0 Å². The van der Waals surface area contributed by atoms with Crippen molar-refractivity contribution in [3.63, 3.8) is 0 Å². The van der Waals surface area contributed by atoms with Crippen molar-refractivity contribution in [2.75, 3.05) is 6.54 Å². The molecule has 0 aliphatic carbocycles. The van der Waals surface area contributed by atoms with Crippen LogP contribution in [0.2, 0.25) is 0 Å². The highest BCUT2D eigenvalue weighted by molar-refractivity contribution is 5.33.